The molecule has 2 rings (SSSR count). The Balaban J connectivity index is 2.00. The smallest absolute Gasteiger partial charge is 0.226 e. The van der Waals surface area contributed by atoms with E-state index in [1.54, 1.807) is 6.26 Å². The maximum Gasteiger partial charge on any atom is 0.226 e. The summed E-state index contributed by atoms with van der Waals surface area (Å²) in [5.74, 6) is -0.0271. The maximum atomic E-state index is 11.7. The molecule has 0 heterocycles. The van der Waals surface area contributed by atoms with Gasteiger partial charge in [-0.1, -0.05) is 26.0 Å². The van der Waals surface area contributed by atoms with Gasteiger partial charge in [0.15, 0.2) is 0 Å². The van der Waals surface area contributed by atoms with Crippen LogP contribution in [0, 0.1) is 5.92 Å². The molecule has 0 unspecified atom stereocenters. The Hall–Kier alpha value is -2.14. The second-order valence-electron chi connectivity index (χ2n) is 6.11. The minimum absolute atomic E-state index is 0.0116. The molecule has 0 aliphatic rings. The molecule has 4 nitrogen and oxygen atoms in total. The van der Waals surface area contributed by atoms with Crippen LogP contribution < -0.4 is 10.6 Å². The summed E-state index contributed by atoms with van der Waals surface area (Å²) in [4.78, 5) is 12.5. The fourth-order valence-corrected chi connectivity index (χ4v) is 2.74. The van der Waals surface area contributed by atoms with Crippen LogP contribution in [0.15, 0.2) is 53.4 Å². The predicted molar refractivity (Wildman–Crippen MR) is 101 cm³/mol. The van der Waals surface area contributed by atoms with E-state index < -0.39 is 10.8 Å². The van der Waals surface area contributed by atoms with Gasteiger partial charge in [0.2, 0.25) is 5.91 Å². The van der Waals surface area contributed by atoms with Crippen LogP contribution in [0.25, 0.3) is 0 Å². The highest BCUT2D eigenvalue weighted by atomic mass is 32.2. The quantitative estimate of drug-likeness (QED) is 0.826. The van der Waals surface area contributed by atoms with E-state index in [0.29, 0.717) is 0 Å². The number of hydrogen-bond donors (Lipinski definition) is 2. The first kappa shape index (κ1) is 18.2. The van der Waals surface area contributed by atoms with Gasteiger partial charge in [-0.15, -0.1) is 0 Å². The van der Waals surface area contributed by atoms with Crippen molar-refractivity contribution in [3.8, 4) is 0 Å². The van der Waals surface area contributed by atoms with Crippen LogP contribution >= 0.6 is 0 Å². The molecule has 2 aromatic carbocycles. The SMILES string of the molecule is CC(C)C(=O)Nc1ccc(N[C@@H](C)c2ccc([S@](C)=O)cc2)cc1. The van der Waals surface area contributed by atoms with Crippen LogP contribution in [0.2, 0.25) is 0 Å². The number of anilines is 2. The zero-order chi connectivity index (χ0) is 17.7. The minimum atomic E-state index is -0.954. The van der Waals surface area contributed by atoms with Crippen LogP contribution in [0.4, 0.5) is 11.4 Å². The molecule has 0 radical (unpaired) electrons. The molecule has 0 fully saturated rings. The van der Waals surface area contributed by atoms with Gasteiger partial charge >= 0.3 is 0 Å². The van der Waals surface area contributed by atoms with Crippen LogP contribution in [0.3, 0.4) is 0 Å². The van der Waals surface area contributed by atoms with Gasteiger partial charge in [0.25, 0.3) is 0 Å². The first-order chi connectivity index (χ1) is 11.4. The third-order valence-electron chi connectivity index (χ3n) is 3.77. The zero-order valence-electron chi connectivity index (χ0n) is 14.5. The summed E-state index contributed by atoms with van der Waals surface area (Å²) in [5, 5.41) is 6.30. The molecule has 128 valence electrons. The Morgan fingerprint density at radius 3 is 1.96 bits per heavy atom. The second kappa shape index (κ2) is 8.11. The molecule has 0 aliphatic carbocycles. The average molecular weight is 344 g/mol. The third kappa shape index (κ3) is 4.93. The first-order valence-electron chi connectivity index (χ1n) is 7.97. The first-order valence-corrected chi connectivity index (χ1v) is 9.53. The van der Waals surface area contributed by atoms with Gasteiger partial charge in [-0.25, -0.2) is 0 Å². The summed E-state index contributed by atoms with van der Waals surface area (Å²) in [7, 11) is -0.954. The number of nitrogens with one attached hydrogen (secondary N) is 2. The van der Waals surface area contributed by atoms with E-state index in [1.165, 1.54) is 0 Å². The Morgan fingerprint density at radius 2 is 1.46 bits per heavy atom. The van der Waals surface area contributed by atoms with Crippen molar-refractivity contribution in [3.63, 3.8) is 0 Å². The van der Waals surface area contributed by atoms with E-state index >= 15 is 0 Å². The van der Waals surface area contributed by atoms with Crippen molar-refractivity contribution in [2.45, 2.75) is 31.7 Å². The van der Waals surface area contributed by atoms with E-state index in [4.69, 9.17) is 0 Å². The van der Waals surface area contributed by atoms with Gasteiger partial charge in [0.05, 0.1) is 0 Å². The maximum absolute atomic E-state index is 11.7. The van der Waals surface area contributed by atoms with Gasteiger partial charge in [0, 0.05) is 45.3 Å². The van der Waals surface area contributed by atoms with Crippen LogP contribution in [0.1, 0.15) is 32.4 Å². The average Bonchev–Trinajstić information content (AvgIpc) is 2.56. The summed E-state index contributed by atoms with van der Waals surface area (Å²) in [6.07, 6.45) is 1.68. The van der Waals surface area contributed by atoms with Crippen molar-refractivity contribution in [3.05, 3.63) is 54.1 Å². The standard InChI is InChI=1S/C19H24N2O2S/c1-13(2)19(22)21-17-9-7-16(8-10-17)20-14(3)15-5-11-18(12-6-15)24(4)23/h5-14,20H,1-4H3,(H,21,22)/t14-,24-/m0/s1. The summed E-state index contributed by atoms with van der Waals surface area (Å²) >= 11 is 0. The van der Waals surface area contributed by atoms with Gasteiger partial charge in [-0.3, -0.25) is 9.00 Å². The molecule has 0 aromatic heterocycles. The lowest BCUT2D eigenvalue weighted by Gasteiger charge is -2.16. The lowest BCUT2D eigenvalue weighted by Crippen LogP contribution is -2.17. The van der Waals surface area contributed by atoms with Gasteiger partial charge in [0.1, 0.15) is 0 Å². The fourth-order valence-electron chi connectivity index (χ4n) is 2.22. The second-order valence-corrected chi connectivity index (χ2v) is 7.49. The summed E-state index contributed by atoms with van der Waals surface area (Å²) < 4.78 is 11.4. The van der Waals surface area contributed by atoms with Crippen LogP contribution in [0.5, 0.6) is 0 Å². The van der Waals surface area contributed by atoms with Gasteiger partial charge in [-0.05, 0) is 48.9 Å². The summed E-state index contributed by atoms with van der Waals surface area (Å²) in [5.41, 5.74) is 2.90. The molecule has 0 spiro atoms. The van der Waals surface area contributed by atoms with Crippen LogP contribution in [-0.4, -0.2) is 16.4 Å². The number of amides is 1. The third-order valence-corrected chi connectivity index (χ3v) is 4.71. The molecule has 0 aliphatic heterocycles. The largest absolute Gasteiger partial charge is 0.379 e. The van der Waals surface area contributed by atoms with E-state index in [1.807, 2.05) is 62.4 Å². The lowest BCUT2D eigenvalue weighted by atomic mass is 10.1. The van der Waals surface area contributed by atoms with Crippen molar-refractivity contribution >= 4 is 28.1 Å². The molecule has 2 aromatic rings. The van der Waals surface area contributed by atoms with Crippen molar-refractivity contribution in [1.82, 2.24) is 0 Å². The van der Waals surface area contributed by atoms with E-state index in [-0.39, 0.29) is 17.9 Å². The molecule has 0 saturated heterocycles. The Labute approximate surface area is 146 Å². The topological polar surface area (TPSA) is 58.2 Å². The number of hydrogen-bond acceptors (Lipinski definition) is 3. The molecule has 0 bridgehead atoms. The summed E-state index contributed by atoms with van der Waals surface area (Å²) in [6.45, 7) is 5.81. The normalized spacial score (nSPS) is 13.4. The van der Waals surface area contributed by atoms with E-state index in [0.717, 1.165) is 21.8 Å². The fraction of sp³-hybridized carbons (Fsp3) is 0.316. The van der Waals surface area contributed by atoms with Crippen molar-refractivity contribution in [1.29, 1.82) is 0 Å². The molecule has 5 heteroatoms. The molecule has 2 atom stereocenters. The monoisotopic (exact) mass is 344 g/mol. The zero-order valence-corrected chi connectivity index (χ0v) is 15.3. The van der Waals surface area contributed by atoms with Crippen LogP contribution in [-0.2, 0) is 15.6 Å². The van der Waals surface area contributed by atoms with Gasteiger partial charge in [-0.2, -0.15) is 0 Å². The Bertz CT molecular complexity index is 709. The molecule has 0 saturated carbocycles. The van der Waals surface area contributed by atoms with Crippen molar-refractivity contribution in [2.24, 2.45) is 5.92 Å². The van der Waals surface area contributed by atoms with Crippen molar-refractivity contribution < 1.29 is 9.00 Å². The molecular formula is C19H24N2O2S. The highest BCUT2D eigenvalue weighted by molar-refractivity contribution is 7.84. The summed E-state index contributed by atoms with van der Waals surface area (Å²) in [6, 6.07) is 15.6. The molecular weight excluding hydrogens is 320 g/mol. The number of rotatable bonds is 6. The number of carbonyl (C=O) groups is 1. The Morgan fingerprint density at radius 1 is 0.917 bits per heavy atom. The lowest BCUT2D eigenvalue weighted by molar-refractivity contribution is -0.118. The molecule has 1 amide bonds. The molecule has 24 heavy (non-hydrogen) atoms. The Kier molecular flexibility index (Phi) is 6.15. The number of carbonyl (C=O) groups excluding carboxylic acids is 1. The highest BCUT2D eigenvalue weighted by Gasteiger charge is 2.08. The van der Waals surface area contributed by atoms with E-state index in [2.05, 4.69) is 17.6 Å². The van der Waals surface area contributed by atoms with E-state index in [9.17, 15) is 9.00 Å². The minimum Gasteiger partial charge on any atom is -0.379 e. The number of benzene rings is 2. The van der Waals surface area contributed by atoms with Crippen molar-refractivity contribution in [2.75, 3.05) is 16.9 Å². The molecule has 2 N–H and O–H groups in total. The predicted octanol–water partition coefficient (Wildman–Crippen LogP) is 4.19. The highest BCUT2D eigenvalue weighted by Crippen LogP contribution is 2.22. The van der Waals surface area contributed by atoms with Gasteiger partial charge < -0.3 is 10.6 Å².